The number of carbonyl (C=O) groups excluding carboxylic acids is 1. The molecule has 1 aromatic rings. The Morgan fingerprint density at radius 2 is 2.43 bits per heavy atom. The fourth-order valence-corrected chi connectivity index (χ4v) is 0.836. The molecular weight excluding hydrogens is 184 g/mol. The third-order valence-electron chi connectivity index (χ3n) is 2.03. The number of nitrogens with two attached hydrogens (primary N) is 1. The second-order valence-electron chi connectivity index (χ2n) is 3.21. The lowest BCUT2D eigenvalue weighted by molar-refractivity contribution is -0.125. The predicted molar refractivity (Wildman–Crippen MR) is 49.0 cm³/mol. The molecule has 0 aliphatic rings. The number of hydrogen-bond donors (Lipinski definition) is 2. The van der Waals surface area contributed by atoms with Crippen LogP contribution in [0.15, 0.2) is 10.9 Å². The molecule has 2 unspecified atom stereocenters. The topological polar surface area (TPSA) is 94.0 Å². The van der Waals surface area contributed by atoms with E-state index in [0.717, 1.165) is 0 Å². The van der Waals surface area contributed by atoms with E-state index in [1.54, 1.807) is 13.8 Å². The van der Waals surface area contributed by atoms with Crippen LogP contribution < -0.4 is 11.1 Å². The van der Waals surface area contributed by atoms with E-state index in [1.165, 1.54) is 6.39 Å². The quantitative estimate of drug-likeness (QED) is 0.690. The van der Waals surface area contributed by atoms with Crippen LogP contribution in [-0.4, -0.2) is 22.1 Å². The summed E-state index contributed by atoms with van der Waals surface area (Å²) in [6, 6.07) is -0.166. The Hall–Kier alpha value is -1.43. The number of hydrogen-bond acceptors (Lipinski definition) is 5. The first-order valence-corrected chi connectivity index (χ1v) is 4.39. The van der Waals surface area contributed by atoms with Crippen LogP contribution in [0.25, 0.3) is 0 Å². The molecule has 6 nitrogen and oxygen atoms in total. The highest BCUT2D eigenvalue weighted by atomic mass is 16.5. The summed E-state index contributed by atoms with van der Waals surface area (Å²) in [5, 5.41) is 6.22. The molecule has 1 aromatic heterocycles. The van der Waals surface area contributed by atoms with Crippen LogP contribution >= 0.6 is 0 Å². The van der Waals surface area contributed by atoms with Crippen LogP contribution in [0.3, 0.4) is 0 Å². The minimum absolute atomic E-state index is 0.107. The highest BCUT2D eigenvalue weighted by molar-refractivity contribution is 5.78. The number of carbonyl (C=O) groups is 1. The summed E-state index contributed by atoms with van der Waals surface area (Å²) in [5.74, 6) is 0.127. The Balaban J connectivity index is 2.35. The van der Waals surface area contributed by atoms with Crippen molar-refractivity contribution >= 4 is 5.91 Å². The molecule has 0 spiro atoms. The van der Waals surface area contributed by atoms with E-state index in [1.807, 2.05) is 0 Å². The summed E-state index contributed by atoms with van der Waals surface area (Å²) in [6.07, 6.45) is 1.22. The first-order chi connectivity index (χ1) is 6.61. The van der Waals surface area contributed by atoms with Gasteiger partial charge < -0.3 is 15.6 Å². The van der Waals surface area contributed by atoms with Gasteiger partial charge >= 0.3 is 0 Å². The van der Waals surface area contributed by atoms with E-state index in [0.29, 0.717) is 5.82 Å². The number of aromatic nitrogens is 2. The summed E-state index contributed by atoms with van der Waals surface area (Å²) >= 11 is 0. The minimum Gasteiger partial charge on any atom is -0.348 e. The van der Waals surface area contributed by atoms with Gasteiger partial charge in [0, 0.05) is 12.0 Å². The standard InChI is InChI=1S/C8H14N4O2/c1-5(6(2)9)8(13)10-3-7-11-4-14-12-7/h4-6H,3,9H2,1-2H3,(H,10,13). The summed E-state index contributed by atoms with van der Waals surface area (Å²) in [6.45, 7) is 3.83. The lowest BCUT2D eigenvalue weighted by atomic mass is 10.0. The maximum Gasteiger partial charge on any atom is 0.224 e. The van der Waals surface area contributed by atoms with Crippen molar-refractivity contribution in [2.45, 2.75) is 26.4 Å². The Morgan fingerprint density at radius 1 is 1.71 bits per heavy atom. The lowest BCUT2D eigenvalue weighted by Gasteiger charge is -2.14. The molecule has 1 rings (SSSR count). The molecule has 0 saturated heterocycles. The van der Waals surface area contributed by atoms with Gasteiger partial charge in [-0.15, -0.1) is 0 Å². The highest BCUT2D eigenvalue weighted by Crippen LogP contribution is 1.99. The molecule has 0 aliphatic heterocycles. The average Bonchev–Trinajstić information content (AvgIpc) is 2.65. The summed E-state index contributed by atoms with van der Waals surface area (Å²) in [5.41, 5.74) is 5.58. The maximum atomic E-state index is 11.4. The van der Waals surface area contributed by atoms with Crippen molar-refractivity contribution in [3.05, 3.63) is 12.2 Å². The Bertz CT molecular complexity index is 284. The van der Waals surface area contributed by atoms with Gasteiger partial charge in [-0.05, 0) is 6.92 Å². The van der Waals surface area contributed by atoms with Gasteiger partial charge in [-0.2, -0.15) is 4.98 Å². The van der Waals surface area contributed by atoms with Gasteiger partial charge in [0.1, 0.15) is 0 Å². The summed E-state index contributed by atoms with van der Waals surface area (Å²) in [4.78, 5) is 15.2. The zero-order valence-electron chi connectivity index (χ0n) is 8.23. The maximum absolute atomic E-state index is 11.4. The Labute approximate surface area is 81.9 Å². The van der Waals surface area contributed by atoms with Crippen molar-refractivity contribution in [1.82, 2.24) is 15.5 Å². The van der Waals surface area contributed by atoms with Gasteiger partial charge in [0.15, 0.2) is 5.82 Å². The van der Waals surface area contributed by atoms with Crippen LogP contribution in [0.5, 0.6) is 0 Å². The molecule has 0 fully saturated rings. The molecule has 6 heteroatoms. The second kappa shape index (κ2) is 4.71. The van der Waals surface area contributed by atoms with E-state index in [-0.39, 0.29) is 24.4 Å². The first kappa shape index (κ1) is 10.6. The van der Waals surface area contributed by atoms with Crippen LogP contribution in [0.4, 0.5) is 0 Å². The monoisotopic (exact) mass is 198 g/mol. The van der Waals surface area contributed by atoms with E-state index in [2.05, 4.69) is 20.0 Å². The van der Waals surface area contributed by atoms with Crippen molar-refractivity contribution < 1.29 is 9.32 Å². The molecule has 1 amide bonds. The summed E-state index contributed by atoms with van der Waals surface area (Å²) in [7, 11) is 0. The molecule has 0 bridgehead atoms. The zero-order chi connectivity index (χ0) is 10.6. The molecular formula is C8H14N4O2. The molecule has 2 atom stereocenters. The van der Waals surface area contributed by atoms with Crippen LogP contribution in [0.1, 0.15) is 19.7 Å². The van der Waals surface area contributed by atoms with Crippen LogP contribution in [-0.2, 0) is 11.3 Å². The third-order valence-corrected chi connectivity index (χ3v) is 2.03. The van der Waals surface area contributed by atoms with E-state index >= 15 is 0 Å². The summed E-state index contributed by atoms with van der Waals surface area (Å²) < 4.78 is 4.52. The Morgan fingerprint density at radius 3 is 2.93 bits per heavy atom. The second-order valence-corrected chi connectivity index (χ2v) is 3.21. The van der Waals surface area contributed by atoms with Gasteiger partial charge in [-0.3, -0.25) is 4.79 Å². The highest BCUT2D eigenvalue weighted by Gasteiger charge is 2.16. The number of rotatable bonds is 4. The number of nitrogens with one attached hydrogen (secondary N) is 1. The number of nitrogens with zero attached hydrogens (tertiary/aromatic N) is 2. The predicted octanol–water partition coefficient (Wildman–Crippen LogP) is -0.331. The van der Waals surface area contributed by atoms with Gasteiger partial charge in [-0.1, -0.05) is 12.1 Å². The van der Waals surface area contributed by atoms with Crippen molar-refractivity contribution in [3.8, 4) is 0 Å². The third kappa shape index (κ3) is 2.81. The molecule has 0 radical (unpaired) electrons. The molecule has 14 heavy (non-hydrogen) atoms. The fraction of sp³-hybridized carbons (Fsp3) is 0.625. The molecule has 78 valence electrons. The molecule has 1 heterocycles. The van der Waals surface area contributed by atoms with Crippen molar-refractivity contribution in [1.29, 1.82) is 0 Å². The van der Waals surface area contributed by atoms with Gasteiger partial charge in [-0.25, -0.2) is 0 Å². The first-order valence-electron chi connectivity index (χ1n) is 4.39. The van der Waals surface area contributed by atoms with Crippen LogP contribution in [0.2, 0.25) is 0 Å². The smallest absolute Gasteiger partial charge is 0.224 e. The molecule has 3 N–H and O–H groups in total. The van der Waals surface area contributed by atoms with Crippen LogP contribution in [0, 0.1) is 5.92 Å². The SMILES string of the molecule is CC(N)C(C)C(=O)NCc1ncon1. The van der Waals surface area contributed by atoms with E-state index in [4.69, 9.17) is 5.73 Å². The van der Waals surface area contributed by atoms with E-state index in [9.17, 15) is 4.79 Å². The van der Waals surface area contributed by atoms with Crippen molar-refractivity contribution in [2.24, 2.45) is 11.7 Å². The van der Waals surface area contributed by atoms with Gasteiger partial charge in [0.05, 0.1) is 6.54 Å². The number of amides is 1. The fourth-order valence-electron chi connectivity index (χ4n) is 0.836. The van der Waals surface area contributed by atoms with Crippen molar-refractivity contribution in [3.63, 3.8) is 0 Å². The van der Waals surface area contributed by atoms with E-state index < -0.39 is 0 Å². The molecule has 0 saturated carbocycles. The lowest BCUT2D eigenvalue weighted by Crippen LogP contribution is -2.38. The Kier molecular flexibility index (Phi) is 3.58. The molecule has 0 aliphatic carbocycles. The normalized spacial score (nSPS) is 14.8. The zero-order valence-corrected chi connectivity index (χ0v) is 8.23. The molecule has 0 aromatic carbocycles. The van der Waals surface area contributed by atoms with Gasteiger partial charge in [0.2, 0.25) is 12.3 Å². The minimum atomic E-state index is -0.220. The average molecular weight is 198 g/mol. The van der Waals surface area contributed by atoms with Gasteiger partial charge in [0.25, 0.3) is 0 Å². The van der Waals surface area contributed by atoms with Crippen molar-refractivity contribution in [2.75, 3.05) is 0 Å². The largest absolute Gasteiger partial charge is 0.348 e.